The summed E-state index contributed by atoms with van der Waals surface area (Å²) in [5.41, 5.74) is 6.55. The summed E-state index contributed by atoms with van der Waals surface area (Å²) in [6, 6.07) is 9.55. The molecule has 1 rings (SSSR count). The fourth-order valence-corrected chi connectivity index (χ4v) is 1.07. The Balaban J connectivity index is 2.63. The molecule has 0 aliphatic carbocycles. The molecule has 0 radical (unpaired) electrons. The van der Waals surface area contributed by atoms with Crippen LogP contribution in [0.25, 0.3) is 0 Å². The number of rotatable bonds is 4. The van der Waals surface area contributed by atoms with Crippen LogP contribution in [0.1, 0.15) is 5.56 Å². The third kappa shape index (κ3) is 3.14. The standard InChI is InChI=1S/C10H12N2O/c11-5-4-9-2-1-3-10(8-9)13-7-6-12/h1-3,8H,4-5,7,11H2. The van der Waals surface area contributed by atoms with Crippen LogP contribution < -0.4 is 10.5 Å². The van der Waals surface area contributed by atoms with Crippen LogP contribution in [0.5, 0.6) is 5.75 Å². The summed E-state index contributed by atoms with van der Waals surface area (Å²) in [7, 11) is 0. The van der Waals surface area contributed by atoms with Crippen LogP contribution in [0.2, 0.25) is 0 Å². The van der Waals surface area contributed by atoms with E-state index < -0.39 is 0 Å². The van der Waals surface area contributed by atoms with Crippen molar-refractivity contribution in [1.82, 2.24) is 0 Å². The molecule has 0 fully saturated rings. The van der Waals surface area contributed by atoms with E-state index >= 15 is 0 Å². The van der Waals surface area contributed by atoms with E-state index in [2.05, 4.69) is 0 Å². The van der Waals surface area contributed by atoms with E-state index in [1.54, 1.807) is 0 Å². The molecule has 0 bridgehead atoms. The molecule has 0 aromatic heterocycles. The van der Waals surface area contributed by atoms with Crippen molar-refractivity contribution in [1.29, 1.82) is 5.26 Å². The van der Waals surface area contributed by atoms with Crippen LogP contribution in [0.4, 0.5) is 0 Å². The highest BCUT2D eigenvalue weighted by molar-refractivity contribution is 5.28. The molecular weight excluding hydrogens is 164 g/mol. The van der Waals surface area contributed by atoms with Crippen LogP contribution in [0.3, 0.4) is 0 Å². The van der Waals surface area contributed by atoms with Crippen LogP contribution in [-0.4, -0.2) is 13.2 Å². The summed E-state index contributed by atoms with van der Waals surface area (Å²) in [4.78, 5) is 0. The van der Waals surface area contributed by atoms with Gasteiger partial charge in [-0.1, -0.05) is 12.1 Å². The number of nitriles is 1. The van der Waals surface area contributed by atoms with Gasteiger partial charge >= 0.3 is 0 Å². The van der Waals surface area contributed by atoms with Crippen molar-refractivity contribution in [3.8, 4) is 11.8 Å². The topological polar surface area (TPSA) is 59.0 Å². The zero-order valence-electron chi connectivity index (χ0n) is 7.36. The number of hydrogen-bond acceptors (Lipinski definition) is 3. The lowest BCUT2D eigenvalue weighted by atomic mass is 10.1. The monoisotopic (exact) mass is 176 g/mol. The van der Waals surface area contributed by atoms with Crippen molar-refractivity contribution in [2.24, 2.45) is 5.73 Å². The second-order valence-corrected chi connectivity index (χ2v) is 2.63. The normalized spacial score (nSPS) is 9.23. The molecular formula is C10H12N2O. The highest BCUT2D eigenvalue weighted by atomic mass is 16.5. The highest BCUT2D eigenvalue weighted by Crippen LogP contribution is 2.12. The minimum Gasteiger partial charge on any atom is -0.479 e. The lowest BCUT2D eigenvalue weighted by molar-refractivity contribution is 0.368. The molecule has 2 N–H and O–H groups in total. The SMILES string of the molecule is N#CCOc1cccc(CCN)c1. The fourth-order valence-electron chi connectivity index (χ4n) is 1.07. The van der Waals surface area contributed by atoms with Crippen LogP contribution in [-0.2, 0) is 6.42 Å². The Kier molecular flexibility index (Phi) is 3.80. The summed E-state index contributed by atoms with van der Waals surface area (Å²) >= 11 is 0. The third-order valence-corrected chi connectivity index (χ3v) is 1.63. The maximum atomic E-state index is 8.31. The molecule has 3 heteroatoms. The van der Waals surface area contributed by atoms with Crippen molar-refractivity contribution < 1.29 is 4.74 Å². The van der Waals surface area contributed by atoms with E-state index in [1.807, 2.05) is 30.3 Å². The molecule has 0 unspecified atom stereocenters. The molecule has 1 aromatic carbocycles. The minimum atomic E-state index is 0.0894. The molecule has 0 spiro atoms. The van der Waals surface area contributed by atoms with Gasteiger partial charge in [0.1, 0.15) is 11.8 Å². The smallest absolute Gasteiger partial charge is 0.174 e. The highest BCUT2D eigenvalue weighted by Gasteiger charge is 1.95. The lowest BCUT2D eigenvalue weighted by Gasteiger charge is -2.03. The first-order valence-corrected chi connectivity index (χ1v) is 4.15. The van der Waals surface area contributed by atoms with Crippen LogP contribution in [0.15, 0.2) is 24.3 Å². The number of hydrogen-bond donors (Lipinski definition) is 1. The van der Waals surface area contributed by atoms with E-state index in [0.29, 0.717) is 6.54 Å². The Bertz CT molecular complexity index is 304. The molecule has 13 heavy (non-hydrogen) atoms. The van der Waals surface area contributed by atoms with Crippen molar-refractivity contribution in [3.05, 3.63) is 29.8 Å². The Morgan fingerprint density at radius 3 is 3.00 bits per heavy atom. The summed E-state index contributed by atoms with van der Waals surface area (Å²) in [6.45, 7) is 0.716. The second kappa shape index (κ2) is 5.18. The first kappa shape index (κ1) is 9.56. The number of nitrogens with zero attached hydrogens (tertiary/aromatic N) is 1. The van der Waals surface area contributed by atoms with Gasteiger partial charge in [-0.15, -0.1) is 0 Å². The van der Waals surface area contributed by atoms with Gasteiger partial charge in [0.2, 0.25) is 0 Å². The lowest BCUT2D eigenvalue weighted by Crippen LogP contribution is -2.03. The summed E-state index contributed by atoms with van der Waals surface area (Å²) < 4.78 is 5.14. The summed E-state index contributed by atoms with van der Waals surface area (Å²) in [5, 5.41) is 8.31. The number of nitrogens with two attached hydrogens (primary N) is 1. The maximum Gasteiger partial charge on any atom is 0.174 e. The van der Waals surface area contributed by atoms with Gasteiger partial charge in [0, 0.05) is 0 Å². The zero-order chi connectivity index (χ0) is 9.52. The van der Waals surface area contributed by atoms with Crippen molar-refractivity contribution in [2.45, 2.75) is 6.42 Å². The molecule has 3 nitrogen and oxygen atoms in total. The molecule has 0 aliphatic rings. The predicted octanol–water partition coefficient (Wildman–Crippen LogP) is 1.09. The van der Waals surface area contributed by atoms with Gasteiger partial charge in [-0.05, 0) is 30.7 Å². The molecule has 0 heterocycles. The number of ether oxygens (including phenoxy) is 1. The maximum absolute atomic E-state index is 8.31. The number of benzene rings is 1. The van der Waals surface area contributed by atoms with Crippen molar-refractivity contribution in [3.63, 3.8) is 0 Å². The van der Waals surface area contributed by atoms with Crippen LogP contribution in [0, 0.1) is 11.3 Å². The average Bonchev–Trinajstić information content (AvgIpc) is 2.16. The average molecular weight is 176 g/mol. The van der Waals surface area contributed by atoms with Crippen molar-refractivity contribution in [2.75, 3.05) is 13.2 Å². The van der Waals surface area contributed by atoms with E-state index in [9.17, 15) is 0 Å². The van der Waals surface area contributed by atoms with E-state index in [0.717, 1.165) is 17.7 Å². The van der Waals surface area contributed by atoms with Crippen LogP contribution >= 0.6 is 0 Å². The van der Waals surface area contributed by atoms with Gasteiger partial charge in [-0.25, -0.2) is 0 Å². The molecule has 0 atom stereocenters. The third-order valence-electron chi connectivity index (χ3n) is 1.63. The molecule has 0 aliphatic heterocycles. The van der Waals surface area contributed by atoms with E-state index in [-0.39, 0.29) is 6.61 Å². The van der Waals surface area contributed by atoms with E-state index in [4.69, 9.17) is 15.7 Å². The quantitative estimate of drug-likeness (QED) is 0.747. The molecule has 0 saturated heterocycles. The van der Waals surface area contributed by atoms with Gasteiger partial charge in [0.15, 0.2) is 6.61 Å². The van der Waals surface area contributed by atoms with Gasteiger partial charge < -0.3 is 10.5 Å². The molecule has 0 amide bonds. The minimum absolute atomic E-state index is 0.0894. The zero-order valence-corrected chi connectivity index (χ0v) is 7.36. The fraction of sp³-hybridized carbons (Fsp3) is 0.300. The second-order valence-electron chi connectivity index (χ2n) is 2.63. The Morgan fingerprint density at radius 2 is 2.31 bits per heavy atom. The van der Waals surface area contributed by atoms with Gasteiger partial charge in [-0.2, -0.15) is 5.26 Å². The molecule has 68 valence electrons. The Morgan fingerprint density at radius 1 is 1.46 bits per heavy atom. The first-order chi connectivity index (χ1) is 6.36. The largest absolute Gasteiger partial charge is 0.479 e. The predicted molar refractivity (Wildman–Crippen MR) is 50.3 cm³/mol. The summed E-state index contributed by atoms with van der Waals surface area (Å²) in [5.74, 6) is 0.729. The van der Waals surface area contributed by atoms with E-state index in [1.165, 1.54) is 0 Å². The van der Waals surface area contributed by atoms with Gasteiger partial charge in [0.25, 0.3) is 0 Å². The molecule has 1 aromatic rings. The van der Waals surface area contributed by atoms with Crippen molar-refractivity contribution >= 4 is 0 Å². The summed E-state index contributed by atoms with van der Waals surface area (Å²) in [6.07, 6.45) is 0.837. The van der Waals surface area contributed by atoms with Gasteiger partial charge in [-0.3, -0.25) is 0 Å². The van der Waals surface area contributed by atoms with Gasteiger partial charge in [0.05, 0.1) is 0 Å². The molecule has 0 saturated carbocycles. The Labute approximate surface area is 77.7 Å². The Hall–Kier alpha value is -1.53. The first-order valence-electron chi connectivity index (χ1n) is 4.15.